The molecule has 0 aliphatic heterocycles. The number of Topliss-reactive ketones (excluding diaryl/α,β-unsaturated/α-hetero) is 1. The molecular formula is C22H19ClN4O2S2. The monoisotopic (exact) mass is 470 g/mol. The van der Waals surface area contributed by atoms with Crippen LogP contribution in [-0.4, -0.2) is 25.3 Å². The lowest BCUT2D eigenvalue weighted by molar-refractivity contribution is 0.102. The molecule has 0 saturated heterocycles. The number of allylic oxidation sites excluding steroid dienone is 1. The minimum absolute atomic E-state index is 0.0583. The van der Waals surface area contributed by atoms with Gasteiger partial charge in [0.25, 0.3) is 5.56 Å². The Bertz CT molecular complexity index is 1350. The fraction of sp³-hybridized carbons (Fsp3) is 0.182. The second-order valence-electron chi connectivity index (χ2n) is 6.93. The van der Waals surface area contributed by atoms with Gasteiger partial charge < -0.3 is 9.55 Å². The number of ketones is 1. The number of hydrogen-bond acceptors (Lipinski definition) is 6. The van der Waals surface area contributed by atoms with Gasteiger partial charge in [-0.1, -0.05) is 41.6 Å². The number of thiophene rings is 1. The van der Waals surface area contributed by atoms with Crippen molar-refractivity contribution >= 4 is 50.7 Å². The van der Waals surface area contributed by atoms with E-state index in [0.29, 0.717) is 43.8 Å². The lowest BCUT2D eigenvalue weighted by atomic mass is 10.2. The average molecular weight is 471 g/mol. The Kier molecular flexibility index (Phi) is 6.13. The van der Waals surface area contributed by atoms with Crippen molar-refractivity contribution in [2.24, 2.45) is 0 Å². The molecule has 3 heterocycles. The molecule has 1 aromatic carbocycles. The van der Waals surface area contributed by atoms with E-state index in [1.54, 1.807) is 6.92 Å². The first-order chi connectivity index (χ1) is 14.9. The third-order valence-electron chi connectivity index (χ3n) is 4.78. The predicted molar refractivity (Wildman–Crippen MR) is 127 cm³/mol. The summed E-state index contributed by atoms with van der Waals surface area (Å²) in [6, 6.07) is 7.59. The molecule has 31 heavy (non-hydrogen) atoms. The van der Waals surface area contributed by atoms with Crippen molar-refractivity contribution in [3.8, 4) is 11.3 Å². The second kappa shape index (κ2) is 8.82. The first-order valence-corrected chi connectivity index (χ1v) is 11.7. The number of carbonyl (C=O) groups is 1. The van der Waals surface area contributed by atoms with Crippen LogP contribution in [0.1, 0.15) is 28.0 Å². The number of nitrogens with one attached hydrogen (secondary N) is 1. The average Bonchev–Trinajstić information content (AvgIpc) is 3.28. The van der Waals surface area contributed by atoms with Gasteiger partial charge in [0.15, 0.2) is 10.9 Å². The summed E-state index contributed by atoms with van der Waals surface area (Å²) in [6.45, 7) is 7.73. The number of nitrogens with zero attached hydrogens (tertiary/aromatic N) is 3. The maximum Gasteiger partial charge on any atom is 0.259 e. The van der Waals surface area contributed by atoms with Crippen LogP contribution >= 0.6 is 34.7 Å². The Labute approximate surface area is 192 Å². The second-order valence-corrected chi connectivity index (χ2v) is 9.30. The van der Waals surface area contributed by atoms with Gasteiger partial charge in [-0.15, -0.1) is 17.9 Å². The third kappa shape index (κ3) is 4.23. The van der Waals surface area contributed by atoms with E-state index in [1.165, 1.54) is 30.0 Å². The van der Waals surface area contributed by atoms with Gasteiger partial charge in [0.1, 0.15) is 10.7 Å². The number of aromatic nitrogens is 4. The topological polar surface area (TPSA) is 80.6 Å². The van der Waals surface area contributed by atoms with Crippen LogP contribution in [-0.2, 0) is 12.3 Å². The van der Waals surface area contributed by atoms with Crippen LogP contribution in [0.25, 0.3) is 21.5 Å². The molecule has 0 saturated carbocycles. The normalized spacial score (nSPS) is 11.2. The highest BCUT2D eigenvalue weighted by Crippen LogP contribution is 2.30. The number of rotatable bonds is 7. The van der Waals surface area contributed by atoms with E-state index in [0.717, 1.165) is 16.4 Å². The van der Waals surface area contributed by atoms with E-state index in [9.17, 15) is 9.59 Å². The molecule has 0 aliphatic carbocycles. The predicted octanol–water partition coefficient (Wildman–Crippen LogP) is 5.49. The molecule has 0 unspecified atom stereocenters. The van der Waals surface area contributed by atoms with Crippen LogP contribution < -0.4 is 5.56 Å². The summed E-state index contributed by atoms with van der Waals surface area (Å²) < 4.78 is 2.06. The number of halogens is 1. The molecule has 0 spiro atoms. The van der Waals surface area contributed by atoms with Gasteiger partial charge in [0.05, 0.1) is 27.9 Å². The maximum atomic E-state index is 12.6. The van der Waals surface area contributed by atoms with E-state index in [4.69, 9.17) is 11.6 Å². The smallest absolute Gasteiger partial charge is 0.259 e. The number of carbonyl (C=O) groups excluding carboxylic acids is 1. The summed E-state index contributed by atoms with van der Waals surface area (Å²) in [4.78, 5) is 37.6. The minimum Gasteiger partial charge on any atom is -0.315 e. The number of hydrogen-bond donors (Lipinski definition) is 1. The van der Waals surface area contributed by atoms with Crippen molar-refractivity contribution in [1.29, 1.82) is 0 Å². The van der Waals surface area contributed by atoms with Gasteiger partial charge in [-0.25, -0.2) is 9.97 Å². The molecule has 1 N–H and O–H groups in total. The van der Waals surface area contributed by atoms with Crippen LogP contribution in [0.3, 0.4) is 0 Å². The van der Waals surface area contributed by atoms with Gasteiger partial charge in [-0.05, 0) is 37.1 Å². The van der Waals surface area contributed by atoms with Crippen LogP contribution in [0.2, 0.25) is 5.02 Å². The number of aryl methyl sites for hydroxylation is 1. The highest BCUT2D eigenvalue weighted by atomic mass is 35.5. The standard InChI is InChI=1S/C22H19ClN4O2S2/c1-4-9-27-16(14-5-7-15(23)8-6-14)10-24-22(27)30-11-17-25-20(29)18-12(2)19(13(3)28)31-21(18)26-17/h4-8,10H,1,9,11H2,2-3H3,(H,25,26,29). The van der Waals surface area contributed by atoms with E-state index in [2.05, 4.69) is 26.1 Å². The highest BCUT2D eigenvalue weighted by molar-refractivity contribution is 7.98. The van der Waals surface area contributed by atoms with Crippen molar-refractivity contribution < 1.29 is 4.79 Å². The van der Waals surface area contributed by atoms with Crippen molar-refractivity contribution in [3.05, 3.63) is 74.8 Å². The Morgan fingerprint density at radius 3 is 2.77 bits per heavy atom. The van der Waals surface area contributed by atoms with Gasteiger partial charge in [0.2, 0.25) is 0 Å². The molecule has 6 nitrogen and oxygen atoms in total. The number of aromatic amines is 1. The molecule has 4 aromatic rings. The van der Waals surface area contributed by atoms with E-state index in [-0.39, 0.29) is 11.3 Å². The number of thioether (sulfide) groups is 1. The molecule has 0 amide bonds. The van der Waals surface area contributed by atoms with Gasteiger partial charge >= 0.3 is 0 Å². The summed E-state index contributed by atoms with van der Waals surface area (Å²) in [7, 11) is 0. The lowest BCUT2D eigenvalue weighted by Gasteiger charge is -2.09. The molecule has 0 bridgehead atoms. The molecule has 0 fully saturated rings. The van der Waals surface area contributed by atoms with E-state index < -0.39 is 0 Å². The van der Waals surface area contributed by atoms with E-state index >= 15 is 0 Å². The molecule has 0 aliphatic rings. The zero-order valence-electron chi connectivity index (χ0n) is 16.9. The van der Waals surface area contributed by atoms with Gasteiger partial charge in [0, 0.05) is 11.6 Å². The molecule has 0 atom stereocenters. The lowest BCUT2D eigenvalue weighted by Crippen LogP contribution is -2.11. The van der Waals surface area contributed by atoms with Crippen molar-refractivity contribution in [3.63, 3.8) is 0 Å². The Morgan fingerprint density at radius 2 is 2.10 bits per heavy atom. The summed E-state index contributed by atoms with van der Waals surface area (Å²) >= 11 is 8.75. The van der Waals surface area contributed by atoms with Crippen LogP contribution in [0.5, 0.6) is 0 Å². The van der Waals surface area contributed by atoms with Crippen molar-refractivity contribution in [2.75, 3.05) is 0 Å². The van der Waals surface area contributed by atoms with Gasteiger partial charge in [-0.3, -0.25) is 9.59 Å². The summed E-state index contributed by atoms with van der Waals surface area (Å²) in [5.41, 5.74) is 2.42. The quantitative estimate of drug-likeness (QED) is 0.219. The van der Waals surface area contributed by atoms with E-state index in [1.807, 2.05) is 36.5 Å². The first-order valence-electron chi connectivity index (χ1n) is 9.47. The number of H-pyrrole nitrogens is 1. The molecule has 9 heteroatoms. The molecule has 3 aromatic heterocycles. The molecule has 0 radical (unpaired) electrons. The summed E-state index contributed by atoms with van der Waals surface area (Å²) in [5, 5.41) is 1.96. The number of fused-ring (bicyclic) bond motifs is 1. The Balaban J connectivity index is 1.64. The van der Waals surface area contributed by atoms with Crippen molar-refractivity contribution in [1.82, 2.24) is 19.5 Å². The SMILES string of the molecule is C=CCn1c(-c2ccc(Cl)cc2)cnc1SCc1nc2sc(C(C)=O)c(C)c2c(=O)[nH]1. The summed E-state index contributed by atoms with van der Waals surface area (Å²) in [5.74, 6) is 0.920. The van der Waals surface area contributed by atoms with Crippen LogP contribution in [0, 0.1) is 6.92 Å². The zero-order chi connectivity index (χ0) is 22.1. The third-order valence-corrected chi connectivity index (χ3v) is 7.32. The minimum atomic E-state index is -0.224. The largest absolute Gasteiger partial charge is 0.315 e. The Hall–Kier alpha value is -2.68. The zero-order valence-corrected chi connectivity index (χ0v) is 19.3. The molecule has 158 valence electrons. The van der Waals surface area contributed by atoms with Crippen molar-refractivity contribution in [2.45, 2.75) is 31.3 Å². The molecule has 4 rings (SSSR count). The number of imidazole rings is 1. The fourth-order valence-electron chi connectivity index (χ4n) is 3.36. The first kappa shape index (κ1) is 21.5. The van der Waals surface area contributed by atoms with Crippen LogP contribution in [0.4, 0.5) is 0 Å². The van der Waals surface area contributed by atoms with Crippen LogP contribution in [0.15, 0.2) is 53.1 Å². The maximum absolute atomic E-state index is 12.6. The fourth-order valence-corrected chi connectivity index (χ4v) is 5.44. The van der Waals surface area contributed by atoms with Gasteiger partial charge in [-0.2, -0.15) is 0 Å². The molecular weight excluding hydrogens is 452 g/mol. The number of benzene rings is 1. The Morgan fingerprint density at radius 1 is 1.35 bits per heavy atom. The summed E-state index contributed by atoms with van der Waals surface area (Å²) in [6.07, 6.45) is 3.63. The highest BCUT2D eigenvalue weighted by Gasteiger charge is 2.18.